The van der Waals surface area contributed by atoms with Gasteiger partial charge in [-0.15, -0.1) is 30.3 Å². The largest absolute Gasteiger partial charge is 2.00 e. The fourth-order valence-electron chi connectivity index (χ4n) is 9.77. The van der Waals surface area contributed by atoms with Crippen LogP contribution < -0.4 is 19.8 Å². The SMILES string of the molecule is CC1(C)c2cccc3c4ccc(Oc5[c-]c6c(cc5)N(c5ccccc5)B5c7ccccc7-c7cccnc7N56)[c-]c4c4nc(-c5ccccc5)c(n4c23)C1(C)C.[Pt+2]. The van der Waals surface area contributed by atoms with Crippen molar-refractivity contribution in [3.63, 3.8) is 0 Å². The minimum absolute atomic E-state index is 0. The molecule has 9 aromatic rings. The minimum atomic E-state index is -0.228. The van der Waals surface area contributed by atoms with Crippen molar-refractivity contribution in [3.05, 3.63) is 169 Å². The number of ether oxygens (including phenoxy) is 1. The molecule has 0 saturated heterocycles. The van der Waals surface area contributed by atoms with Gasteiger partial charge in [0.25, 0.3) is 0 Å². The van der Waals surface area contributed by atoms with Gasteiger partial charge in [0.15, 0.2) is 0 Å². The number of anilines is 4. The van der Waals surface area contributed by atoms with Crippen molar-refractivity contribution in [2.45, 2.75) is 38.5 Å². The van der Waals surface area contributed by atoms with Crippen molar-refractivity contribution in [2.24, 2.45) is 0 Å². The number of benzene rings is 6. The van der Waals surface area contributed by atoms with E-state index in [1.165, 1.54) is 33.2 Å². The summed E-state index contributed by atoms with van der Waals surface area (Å²) in [5, 5.41) is 3.22. The molecule has 0 bridgehead atoms. The summed E-state index contributed by atoms with van der Waals surface area (Å²) < 4.78 is 9.19. The molecule has 0 radical (unpaired) electrons. The van der Waals surface area contributed by atoms with Gasteiger partial charge in [0.2, 0.25) is 0 Å². The third-order valence-corrected chi connectivity index (χ3v) is 13.1. The molecule has 12 rings (SSSR count). The predicted molar refractivity (Wildman–Crippen MR) is 232 cm³/mol. The maximum absolute atomic E-state index is 6.77. The monoisotopic (exact) mass is 928 g/mol. The second-order valence-corrected chi connectivity index (χ2v) is 16.5. The Bertz CT molecular complexity index is 3140. The average Bonchev–Trinajstić information content (AvgIpc) is 3.82. The van der Waals surface area contributed by atoms with E-state index in [0.717, 1.165) is 56.1 Å². The Balaban J connectivity index is 0.00000385. The van der Waals surface area contributed by atoms with Crippen LogP contribution in [-0.4, -0.2) is 21.4 Å². The topological polar surface area (TPSA) is 45.9 Å². The standard InChI is InChI=1S/C50H36BN5O.Pt/c1-49(2)40-22-13-20-37-35-26-24-33(29-39(35)48-53-44(31-15-7-5-8-16-31)46(50(49,3)4)54(48)45(37)40)57-34-25-27-42-43(30-34)56-47-38(21-14-28-52-47)36-19-11-12-23-41(36)51(56)55(42)32-17-9-6-10-18-32;/h5-28H,1-4H3;/q-2;+2. The van der Waals surface area contributed by atoms with E-state index in [-0.39, 0.29) is 38.9 Å². The van der Waals surface area contributed by atoms with Crippen molar-refractivity contribution < 1.29 is 25.8 Å². The molecule has 0 fully saturated rings. The van der Waals surface area contributed by atoms with Gasteiger partial charge in [-0.3, -0.25) is 4.98 Å². The van der Waals surface area contributed by atoms with Gasteiger partial charge in [0, 0.05) is 56.6 Å². The number of imidazole rings is 1. The number of rotatable bonds is 4. The first-order valence-corrected chi connectivity index (χ1v) is 19.6. The molecule has 58 heavy (non-hydrogen) atoms. The molecule has 0 aliphatic carbocycles. The number of para-hydroxylation sites is 2. The van der Waals surface area contributed by atoms with Gasteiger partial charge in [-0.1, -0.05) is 147 Å². The number of aromatic nitrogens is 3. The van der Waals surface area contributed by atoms with Crippen molar-refractivity contribution in [3.8, 4) is 33.9 Å². The van der Waals surface area contributed by atoms with E-state index in [1.54, 1.807) is 0 Å². The van der Waals surface area contributed by atoms with Crippen molar-refractivity contribution >= 4 is 62.6 Å². The summed E-state index contributed by atoms with van der Waals surface area (Å²) in [7, 11) is 0. The van der Waals surface area contributed by atoms with Crippen LogP contribution in [0, 0.1) is 12.1 Å². The minimum Gasteiger partial charge on any atom is -0.503 e. The van der Waals surface area contributed by atoms with Crippen LogP contribution in [0.3, 0.4) is 0 Å². The Labute approximate surface area is 352 Å². The summed E-state index contributed by atoms with van der Waals surface area (Å²) in [5.74, 6) is 2.11. The third-order valence-electron chi connectivity index (χ3n) is 13.1. The molecular weight excluding hydrogens is 892 g/mol. The molecule has 0 saturated carbocycles. The smallest absolute Gasteiger partial charge is 0.503 e. The summed E-state index contributed by atoms with van der Waals surface area (Å²) in [5.41, 5.74) is 13.0. The molecule has 0 amide bonds. The molecule has 3 aliphatic rings. The Kier molecular flexibility index (Phi) is 7.50. The number of pyridine rings is 2. The third kappa shape index (κ3) is 4.59. The van der Waals surface area contributed by atoms with Crippen LogP contribution in [0.15, 0.2) is 146 Å². The van der Waals surface area contributed by atoms with Crippen LogP contribution in [-0.2, 0) is 31.9 Å². The van der Waals surface area contributed by atoms with Gasteiger partial charge in [-0.25, -0.2) is 4.98 Å². The first-order valence-electron chi connectivity index (χ1n) is 19.6. The zero-order valence-corrected chi connectivity index (χ0v) is 34.7. The molecule has 0 atom stereocenters. The molecule has 280 valence electrons. The number of hydrogen-bond acceptors (Lipinski definition) is 5. The van der Waals surface area contributed by atoms with E-state index in [1.807, 2.05) is 24.4 Å². The predicted octanol–water partition coefficient (Wildman–Crippen LogP) is 11.3. The van der Waals surface area contributed by atoms with E-state index in [0.29, 0.717) is 11.5 Å². The molecule has 3 aromatic heterocycles. The molecule has 0 spiro atoms. The fraction of sp³-hybridized carbons (Fsp3) is 0.120. The summed E-state index contributed by atoms with van der Waals surface area (Å²) in [4.78, 5) is 15.2. The van der Waals surface area contributed by atoms with Crippen LogP contribution in [0.1, 0.15) is 39.0 Å². The summed E-state index contributed by atoms with van der Waals surface area (Å²) >= 11 is 0. The van der Waals surface area contributed by atoms with E-state index in [4.69, 9.17) is 14.7 Å². The molecule has 8 heteroatoms. The molecule has 3 aliphatic heterocycles. The van der Waals surface area contributed by atoms with Crippen molar-refractivity contribution in [2.75, 3.05) is 9.62 Å². The quantitative estimate of drug-likeness (QED) is 0.1000. The Morgan fingerprint density at radius 2 is 1.36 bits per heavy atom. The number of fused-ring (bicyclic) bond motifs is 11. The average molecular weight is 929 g/mol. The van der Waals surface area contributed by atoms with Crippen LogP contribution in [0.25, 0.3) is 49.7 Å². The molecule has 0 unspecified atom stereocenters. The van der Waals surface area contributed by atoms with Crippen molar-refractivity contribution in [1.29, 1.82) is 0 Å². The zero-order chi connectivity index (χ0) is 38.2. The first kappa shape index (κ1) is 35.0. The second kappa shape index (κ2) is 12.4. The van der Waals surface area contributed by atoms with E-state index < -0.39 is 0 Å². The fourth-order valence-corrected chi connectivity index (χ4v) is 9.77. The maximum Gasteiger partial charge on any atom is 2.00 e. The molecule has 6 aromatic carbocycles. The van der Waals surface area contributed by atoms with Gasteiger partial charge in [0.1, 0.15) is 5.82 Å². The van der Waals surface area contributed by atoms with Crippen LogP contribution in [0.2, 0.25) is 0 Å². The summed E-state index contributed by atoms with van der Waals surface area (Å²) in [6.07, 6.45) is 1.87. The summed E-state index contributed by atoms with van der Waals surface area (Å²) in [6, 6.07) is 56.5. The number of nitrogens with zero attached hydrogens (tertiary/aromatic N) is 5. The Morgan fingerprint density at radius 3 is 2.19 bits per heavy atom. The van der Waals surface area contributed by atoms with Crippen LogP contribution in [0.5, 0.6) is 11.5 Å². The second-order valence-electron chi connectivity index (χ2n) is 16.5. The van der Waals surface area contributed by atoms with Gasteiger partial charge in [-0.2, -0.15) is 0 Å². The van der Waals surface area contributed by atoms with E-state index in [2.05, 4.69) is 175 Å². The zero-order valence-electron chi connectivity index (χ0n) is 32.4. The normalized spacial score (nSPS) is 15.3. The van der Waals surface area contributed by atoms with Gasteiger partial charge in [-0.05, 0) is 46.2 Å². The van der Waals surface area contributed by atoms with Gasteiger partial charge >= 0.3 is 28.0 Å². The maximum atomic E-state index is 6.77. The summed E-state index contributed by atoms with van der Waals surface area (Å²) in [6.45, 7) is 9.32. The molecular formula is C50H36BN5OPt. The van der Waals surface area contributed by atoms with Crippen LogP contribution in [0.4, 0.5) is 22.9 Å². The van der Waals surface area contributed by atoms with Crippen LogP contribution >= 0.6 is 0 Å². The molecule has 6 nitrogen and oxygen atoms in total. The van der Waals surface area contributed by atoms with Crippen molar-refractivity contribution in [1.82, 2.24) is 14.4 Å². The first-order chi connectivity index (χ1) is 27.8. The Morgan fingerprint density at radius 1 is 0.638 bits per heavy atom. The number of hydrogen-bond donors (Lipinski definition) is 0. The molecule has 6 heterocycles. The van der Waals surface area contributed by atoms with E-state index >= 15 is 0 Å². The van der Waals surface area contributed by atoms with Gasteiger partial charge in [0.05, 0.1) is 11.3 Å². The Hall–Kier alpha value is -6.17. The van der Waals surface area contributed by atoms with E-state index in [9.17, 15) is 0 Å². The molecule has 0 N–H and O–H groups in total. The van der Waals surface area contributed by atoms with Gasteiger partial charge < -0.3 is 18.8 Å².